The number of hydrogen-bond acceptors (Lipinski definition) is 4. The highest BCUT2D eigenvalue weighted by Crippen LogP contribution is 1.98. The van der Waals surface area contributed by atoms with Crippen molar-refractivity contribution in [3.8, 4) is 0 Å². The molecule has 0 bridgehead atoms. The second-order valence-electron chi connectivity index (χ2n) is 2.97. The van der Waals surface area contributed by atoms with Gasteiger partial charge in [0.25, 0.3) is 0 Å². The highest BCUT2D eigenvalue weighted by atomic mass is 127. The van der Waals surface area contributed by atoms with E-state index in [9.17, 15) is 10.2 Å². The third-order valence-electron chi connectivity index (χ3n) is 1.85. The molecule has 0 aliphatic carbocycles. The Kier molecular flexibility index (Phi) is 8.27. The Morgan fingerprint density at radius 1 is 1.38 bits per heavy atom. The average Bonchev–Trinajstić information content (AvgIpc) is 2.13. The molecule has 0 aliphatic heterocycles. The van der Waals surface area contributed by atoms with Crippen LogP contribution >= 0.6 is 22.6 Å². The molecule has 0 fully saturated rings. The maximum Gasteiger partial charge on any atom is 0.104 e. The molecule has 0 aromatic rings. The molecule has 2 unspecified atom stereocenters. The van der Waals surface area contributed by atoms with E-state index in [4.69, 9.17) is 4.74 Å². The Morgan fingerprint density at radius 2 is 2.00 bits per heavy atom. The van der Waals surface area contributed by atoms with Crippen LogP contribution in [0.3, 0.4) is 0 Å². The third kappa shape index (κ3) is 6.62. The minimum Gasteiger partial charge on any atom is -0.389 e. The standard InChI is InChI=1S/C8H18INO3/c1-3-10(2)4-7(11)8(12)5-13-6-9/h7-8,11-12H,3-6H2,1-2H3. The maximum atomic E-state index is 9.47. The molecule has 0 aromatic heterocycles. The van der Waals surface area contributed by atoms with Crippen LogP contribution in [0.4, 0.5) is 0 Å². The van der Waals surface area contributed by atoms with E-state index in [1.54, 1.807) is 0 Å². The van der Waals surface area contributed by atoms with E-state index in [1.807, 2.05) is 18.9 Å². The normalized spacial score (nSPS) is 16.2. The van der Waals surface area contributed by atoms with Crippen molar-refractivity contribution in [3.63, 3.8) is 0 Å². The number of likely N-dealkylation sites (N-methyl/N-ethyl adjacent to an activating group) is 1. The van der Waals surface area contributed by atoms with E-state index >= 15 is 0 Å². The minimum absolute atomic E-state index is 0.196. The van der Waals surface area contributed by atoms with Crippen LogP contribution in [0, 0.1) is 0 Å². The Morgan fingerprint density at radius 3 is 2.46 bits per heavy atom. The largest absolute Gasteiger partial charge is 0.389 e. The molecule has 0 rings (SSSR count). The summed E-state index contributed by atoms with van der Waals surface area (Å²) in [6.07, 6.45) is -1.52. The second kappa shape index (κ2) is 7.93. The number of nitrogens with zero attached hydrogens (tertiary/aromatic N) is 1. The average molecular weight is 303 g/mol. The summed E-state index contributed by atoms with van der Waals surface area (Å²) in [5.41, 5.74) is 0. The maximum absolute atomic E-state index is 9.47. The predicted octanol–water partition coefficient (Wildman–Crippen LogP) is 0.0690. The lowest BCUT2D eigenvalue weighted by Gasteiger charge is -2.22. The van der Waals surface area contributed by atoms with Crippen molar-refractivity contribution >= 4 is 22.6 Å². The fourth-order valence-electron chi connectivity index (χ4n) is 0.846. The van der Waals surface area contributed by atoms with E-state index in [1.165, 1.54) is 0 Å². The van der Waals surface area contributed by atoms with E-state index in [2.05, 4.69) is 22.6 Å². The van der Waals surface area contributed by atoms with Gasteiger partial charge in [0.1, 0.15) is 6.10 Å². The molecule has 0 spiro atoms. The second-order valence-corrected chi connectivity index (χ2v) is 3.59. The van der Waals surface area contributed by atoms with Gasteiger partial charge in [0.05, 0.1) is 17.3 Å². The molecule has 0 saturated carbocycles. The zero-order valence-electron chi connectivity index (χ0n) is 8.11. The number of rotatable bonds is 7. The molecular weight excluding hydrogens is 285 g/mol. The molecule has 0 heterocycles. The number of hydrogen-bond donors (Lipinski definition) is 2. The Labute approximate surface area is 93.0 Å². The lowest BCUT2D eigenvalue weighted by molar-refractivity contribution is -0.0374. The van der Waals surface area contributed by atoms with E-state index in [0.29, 0.717) is 11.2 Å². The number of ether oxygens (including phenoxy) is 1. The summed E-state index contributed by atoms with van der Waals surface area (Å²) in [6, 6.07) is 0. The molecule has 5 heteroatoms. The summed E-state index contributed by atoms with van der Waals surface area (Å²) in [5.74, 6) is 0. The van der Waals surface area contributed by atoms with Crippen molar-refractivity contribution in [2.45, 2.75) is 19.1 Å². The van der Waals surface area contributed by atoms with Gasteiger partial charge in [-0.2, -0.15) is 0 Å². The van der Waals surface area contributed by atoms with E-state index in [-0.39, 0.29) is 6.61 Å². The summed E-state index contributed by atoms with van der Waals surface area (Å²) in [7, 11) is 1.90. The number of aliphatic hydroxyl groups is 2. The number of alkyl halides is 1. The van der Waals surface area contributed by atoms with Crippen LogP contribution in [0.5, 0.6) is 0 Å². The van der Waals surface area contributed by atoms with Gasteiger partial charge in [-0.25, -0.2) is 0 Å². The van der Waals surface area contributed by atoms with Crippen LogP contribution in [0.25, 0.3) is 0 Å². The first kappa shape index (κ1) is 13.6. The Balaban J connectivity index is 3.61. The first-order valence-corrected chi connectivity index (χ1v) is 5.82. The van der Waals surface area contributed by atoms with Crippen molar-refractivity contribution in [1.82, 2.24) is 4.90 Å². The molecule has 0 radical (unpaired) electrons. The molecule has 0 saturated heterocycles. The van der Waals surface area contributed by atoms with Crippen molar-refractivity contribution < 1.29 is 14.9 Å². The Hall–Kier alpha value is 0.570. The summed E-state index contributed by atoms with van der Waals surface area (Å²) in [6.45, 7) is 3.53. The van der Waals surface area contributed by atoms with Gasteiger partial charge >= 0.3 is 0 Å². The van der Waals surface area contributed by atoms with Gasteiger partial charge < -0.3 is 19.8 Å². The van der Waals surface area contributed by atoms with Crippen LogP contribution in [0.15, 0.2) is 0 Å². The van der Waals surface area contributed by atoms with Crippen LogP contribution in [0.2, 0.25) is 0 Å². The van der Waals surface area contributed by atoms with Crippen molar-refractivity contribution in [1.29, 1.82) is 0 Å². The summed E-state index contributed by atoms with van der Waals surface area (Å²) in [5, 5.41) is 18.9. The molecule has 0 aliphatic rings. The zero-order valence-corrected chi connectivity index (χ0v) is 10.3. The van der Waals surface area contributed by atoms with Gasteiger partial charge in [-0.15, -0.1) is 0 Å². The van der Waals surface area contributed by atoms with E-state index < -0.39 is 12.2 Å². The molecule has 2 atom stereocenters. The first-order chi connectivity index (χ1) is 6.11. The van der Waals surface area contributed by atoms with Gasteiger partial charge in [0, 0.05) is 6.54 Å². The van der Waals surface area contributed by atoms with Crippen molar-refractivity contribution in [2.75, 3.05) is 31.4 Å². The van der Waals surface area contributed by atoms with Gasteiger partial charge in [0.15, 0.2) is 0 Å². The molecule has 0 amide bonds. The molecule has 2 N–H and O–H groups in total. The van der Waals surface area contributed by atoms with Crippen LogP contribution in [-0.4, -0.2) is 58.7 Å². The number of halogens is 1. The van der Waals surface area contributed by atoms with Crippen molar-refractivity contribution in [3.05, 3.63) is 0 Å². The van der Waals surface area contributed by atoms with Crippen molar-refractivity contribution in [2.24, 2.45) is 0 Å². The fourth-order valence-corrected chi connectivity index (χ4v) is 1.10. The molecular formula is C8H18INO3. The fraction of sp³-hybridized carbons (Fsp3) is 1.00. The molecule has 80 valence electrons. The monoisotopic (exact) mass is 303 g/mol. The van der Waals surface area contributed by atoms with Gasteiger partial charge in [-0.05, 0) is 13.6 Å². The highest BCUT2D eigenvalue weighted by molar-refractivity contribution is 14.1. The number of aliphatic hydroxyl groups excluding tert-OH is 2. The van der Waals surface area contributed by atoms with E-state index in [0.717, 1.165) is 6.54 Å². The zero-order chi connectivity index (χ0) is 10.3. The lowest BCUT2D eigenvalue weighted by atomic mass is 10.2. The molecule has 0 aromatic carbocycles. The molecule has 4 nitrogen and oxygen atoms in total. The Bertz CT molecular complexity index is 126. The quantitative estimate of drug-likeness (QED) is 0.516. The van der Waals surface area contributed by atoms with Crippen LogP contribution < -0.4 is 0 Å². The summed E-state index contributed by atoms with van der Waals surface area (Å²) >= 11 is 2.05. The SMILES string of the molecule is CCN(C)CC(O)C(O)COCI. The summed E-state index contributed by atoms with van der Waals surface area (Å²) in [4.78, 5) is 1.94. The lowest BCUT2D eigenvalue weighted by Crippen LogP contribution is -2.39. The third-order valence-corrected chi connectivity index (χ3v) is 2.29. The smallest absolute Gasteiger partial charge is 0.104 e. The first-order valence-electron chi connectivity index (χ1n) is 4.30. The minimum atomic E-state index is -0.788. The molecule has 13 heavy (non-hydrogen) atoms. The van der Waals surface area contributed by atoms with Crippen LogP contribution in [0.1, 0.15) is 6.92 Å². The highest BCUT2D eigenvalue weighted by Gasteiger charge is 2.17. The van der Waals surface area contributed by atoms with Gasteiger partial charge in [-0.3, -0.25) is 0 Å². The van der Waals surface area contributed by atoms with Crippen LogP contribution in [-0.2, 0) is 4.74 Å². The summed E-state index contributed by atoms with van der Waals surface area (Å²) < 4.78 is 5.52. The predicted molar refractivity (Wildman–Crippen MR) is 60.0 cm³/mol. The topological polar surface area (TPSA) is 52.9 Å². The van der Waals surface area contributed by atoms with Gasteiger partial charge in [0.2, 0.25) is 0 Å². The van der Waals surface area contributed by atoms with Gasteiger partial charge in [-0.1, -0.05) is 29.5 Å².